The zero-order valence-electron chi connectivity index (χ0n) is 13.2. The van der Waals surface area contributed by atoms with Crippen molar-refractivity contribution in [2.45, 2.75) is 50.6 Å². The van der Waals surface area contributed by atoms with Crippen LogP contribution < -0.4 is 5.73 Å². The Labute approximate surface area is 124 Å². The topological polar surface area (TPSA) is 35.7 Å². The van der Waals surface area contributed by atoms with Crippen molar-refractivity contribution in [2.24, 2.45) is 5.73 Å². The minimum Gasteiger partial charge on any atom is -0.329 e. The van der Waals surface area contributed by atoms with Crippen molar-refractivity contribution in [3.63, 3.8) is 0 Å². The monoisotopic (exact) mass is 280 g/mol. The molecule has 0 aliphatic carbocycles. The Morgan fingerprint density at radius 3 is 2.55 bits per heavy atom. The van der Waals surface area contributed by atoms with Crippen LogP contribution in [-0.4, -0.2) is 78.6 Å². The van der Waals surface area contributed by atoms with Gasteiger partial charge in [-0.2, -0.15) is 0 Å². The van der Waals surface area contributed by atoms with Crippen LogP contribution in [0.1, 0.15) is 39.0 Å². The smallest absolute Gasteiger partial charge is 0.0499 e. The number of nitrogens with two attached hydrogens (primary N) is 1. The van der Waals surface area contributed by atoms with E-state index in [2.05, 4.69) is 21.6 Å². The second kappa shape index (κ2) is 6.30. The lowest BCUT2D eigenvalue weighted by Crippen LogP contribution is -2.65. The lowest BCUT2D eigenvalue weighted by Gasteiger charge is -2.50. The Morgan fingerprint density at radius 2 is 1.85 bits per heavy atom. The third-order valence-corrected chi connectivity index (χ3v) is 5.96. The summed E-state index contributed by atoms with van der Waals surface area (Å²) in [7, 11) is 0. The van der Waals surface area contributed by atoms with Crippen molar-refractivity contribution >= 4 is 0 Å². The molecule has 3 fully saturated rings. The van der Waals surface area contributed by atoms with E-state index >= 15 is 0 Å². The number of hydrogen-bond acceptors (Lipinski definition) is 4. The van der Waals surface area contributed by atoms with Gasteiger partial charge >= 0.3 is 0 Å². The standard InChI is InChI=1S/C16H32N4/c1-2-7-18-10-12-20(13-11-18)16(14-17)6-9-19-8-4-3-5-15(16)19/h15H,2-14,17H2,1H3. The minimum absolute atomic E-state index is 0.290. The summed E-state index contributed by atoms with van der Waals surface area (Å²) in [6, 6.07) is 0.735. The Morgan fingerprint density at radius 1 is 1.05 bits per heavy atom. The van der Waals surface area contributed by atoms with Crippen LogP contribution in [0.3, 0.4) is 0 Å². The van der Waals surface area contributed by atoms with Crippen LogP contribution in [0.5, 0.6) is 0 Å². The summed E-state index contributed by atoms with van der Waals surface area (Å²) < 4.78 is 0. The fraction of sp³-hybridized carbons (Fsp3) is 1.00. The first kappa shape index (κ1) is 14.8. The molecule has 0 radical (unpaired) electrons. The van der Waals surface area contributed by atoms with Gasteiger partial charge in [-0.25, -0.2) is 0 Å². The van der Waals surface area contributed by atoms with Crippen molar-refractivity contribution in [3.05, 3.63) is 0 Å². The van der Waals surface area contributed by atoms with Gasteiger partial charge in [-0.1, -0.05) is 13.3 Å². The Kier molecular flexibility index (Phi) is 4.65. The molecular weight excluding hydrogens is 248 g/mol. The Balaban J connectivity index is 1.67. The average Bonchev–Trinajstić information content (AvgIpc) is 2.88. The first-order chi connectivity index (χ1) is 9.80. The van der Waals surface area contributed by atoms with Crippen molar-refractivity contribution in [2.75, 3.05) is 52.4 Å². The van der Waals surface area contributed by atoms with E-state index in [9.17, 15) is 0 Å². The second-order valence-electron chi connectivity index (χ2n) is 6.93. The van der Waals surface area contributed by atoms with Crippen LogP contribution in [-0.2, 0) is 0 Å². The zero-order valence-corrected chi connectivity index (χ0v) is 13.2. The van der Waals surface area contributed by atoms with E-state index < -0.39 is 0 Å². The highest BCUT2D eigenvalue weighted by atomic mass is 15.4. The first-order valence-electron chi connectivity index (χ1n) is 8.71. The molecule has 4 heteroatoms. The fourth-order valence-electron chi connectivity index (χ4n) is 4.84. The van der Waals surface area contributed by atoms with Crippen LogP contribution in [0.25, 0.3) is 0 Å². The third kappa shape index (κ3) is 2.52. The molecule has 20 heavy (non-hydrogen) atoms. The van der Waals surface area contributed by atoms with Crippen LogP contribution in [0.4, 0.5) is 0 Å². The molecule has 2 atom stereocenters. The van der Waals surface area contributed by atoms with Crippen LogP contribution in [0.2, 0.25) is 0 Å². The molecule has 3 rings (SSSR count). The van der Waals surface area contributed by atoms with E-state index in [4.69, 9.17) is 5.73 Å². The maximum absolute atomic E-state index is 6.32. The first-order valence-corrected chi connectivity index (χ1v) is 8.71. The summed E-state index contributed by atoms with van der Waals surface area (Å²) in [5.74, 6) is 0. The summed E-state index contributed by atoms with van der Waals surface area (Å²) in [4.78, 5) is 8.11. The van der Waals surface area contributed by atoms with Gasteiger partial charge < -0.3 is 10.6 Å². The van der Waals surface area contributed by atoms with Crippen molar-refractivity contribution in [3.8, 4) is 0 Å². The molecule has 0 bridgehead atoms. The molecular formula is C16H32N4. The summed E-state index contributed by atoms with van der Waals surface area (Å²) in [5.41, 5.74) is 6.61. The Bertz CT molecular complexity index is 314. The van der Waals surface area contributed by atoms with Crippen molar-refractivity contribution in [1.82, 2.24) is 14.7 Å². The molecule has 3 saturated heterocycles. The minimum atomic E-state index is 0.290. The van der Waals surface area contributed by atoms with Crippen LogP contribution >= 0.6 is 0 Å². The van der Waals surface area contributed by atoms with Crippen molar-refractivity contribution in [1.29, 1.82) is 0 Å². The van der Waals surface area contributed by atoms with Gasteiger partial charge in [0, 0.05) is 50.8 Å². The second-order valence-corrected chi connectivity index (χ2v) is 6.93. The Hall–Kier alpha value is -0.160. The number of nitrogens with zero attached hydrogens (tertiary/aromatic N) is 3. The molecule has 4 nitrogen and oxygen atoms in total. The van der Waals surface area contributed by atoms with Crippen LogP contribution in [0, 0.1) is 0 Å². The number of hydrogen-bond donors (Lipinski definition) is 1. The summed E-state index contributed by atoms with van der Waals surface area (Å²) in [6.45, 7) is 11.9. The third-order valence-electron chi connectivity index (χ3n) is 5.96. The summed E-state index contributed by atoms with van der Waals surface area (Å²) in [5, 5.41) is 0. The fourth-order valence-corrected chi connectivity index (χ4v) is 4.84. The maximum atomic E-state index is 6.32. The van der Waals surface area contributed by atoms with E-state index in [1.165, 1.54) is 77.9 Å². The molecule has 0 aromatic carbocycles. The molecule has 0 spiro atoms. The molecule has 116 valence electrons. The SMILES string of the molecule is CCCN1CCN(C2(CN)CCN3CCCCC32)CC1. The van der Waals surface area contributed by atoms with E-state index in [0.717, 1.165) is 12.6 Å². The van der Waals surface area contributed by atoms with Crippen molar-refractivity contribution < 1.29 is 0 Å². The van der Waals surface area contributed by atoms with Gasteiger partial charge in [0.2, 0.25) is 0 Å². The number of fused-ring (bicyclic) bond motifs is 1. The molecule has 0 aromatic heterocycles. The molecule has 0 aromatic rings. The molecule has 3 aliphatic heterocycles. The van der Waals surface area contributed by atoms with E-state index in [-0.39, 0.29) is 0 Å². The molecule has 2 unspecified atom stereocenters. The highest BCUT2D eigenvalue weighted by molar-refractivity contribution is 5.09. The predicted octanol–water partition coefficient (Wildman–Crippen LogP) is 0.970. The number of piperidine rings is 1. The molecule has 0 amide bonds. The lowest BCUT2D eigenvalue weighted by molar-refractivity contribution is 0.00297. The highest BCUT2D eigenvalue weighted by Gasteiger charge is 2.50. The number of rotatable bonds is 4. The van der Waals surface area contributed by atoms with Gasteiger partial charge in [0.05, 0.1) is 0 Å². The predicted molar refractivity (Wildman–Crippen MR) is 83.9 cm³/mol. The zero-order chi connectivity index (χ0) is 14.0. The maximum Gasteiger partial charge on any atom is 0.0499 e. The van der Waals surface area contributed by atoms with Gasteiger partial charge in [-0.3, -0.25) is 9.80 Å². The largest absolute Gasteiger partial charge is 0.329 e. The van der Waals surface area contributed by atoms with E-state index in [1.54, 1.807) is 0 Å². The van der Waals surface area contributed by atoms with Gasteiger partial charge in [0.15, 0.2) is 0 Å². The normalized spacial score (nSPS) is 37.2. The molecule has 3 aliphatic rings. The van der Waals surface area contributed by atoms with E-state index in [0.29, 0.717) is 5.54 Å². The highest BCUT2D eigenvalue weighted by Crippen LogP contribution is 2.39. The number of piperazine rings is 1. The lowest BCUT2D eigenvalue weighted by atomic mass is 9.83. The van der Waals surface area contributed by atoms with Crippen LogP contribution in [0.15, 0.2) is 0 Å². The summed E-state index contributed by atoms with van der Waals surface area (Å²) in [6.07, 6.45) is 6.73. The van der Waals surface area contributed by atoms with Gasteiger partial charge in [0.25, 0.3) is 0 Å². The molecule has 2 N–H and O–H groups in total. The van der Waals surface area contributed by atoms with Gasteiger partial charge in [0.1, 0.15) is 0 Å². The van der Waals surface area contributed by atoms with E-state index in [1.807, 2.05) is 0 Å². The van der Waals surface area contributed by atoms with Gasteiger partial charge in [-0.15, -0.1) is 0 Å². The van der Waals surface area contributed by atoms with Gasteiger partial charge in [-0.05, 0) is 38.8 Å². The average molecular weight is 280 g/mol. The molecule has 0 saturated carbocycles. The quantitative estimate of drug-likeness (QED) is 0.832. The summed E-state index contributed by atoms with van der Waals surface area (Å²) >= 11 is 0. The molecule has 3 heterocycles.